The number of hydrogen-bond acceptors (Lipinski definition) is 4. The Morgan fingerprint density at radius 3 is 2.44 bits per heavy atom. The lowest BCUT2D eigenvalue weighted by molar-refractivity contribution is -0.136. The predicted octanol–water partition coefficient (Wildman–Crippen LogP) is 1.56. The fraction of sp³-hybridized carbons (Fsp3) is 0.111. The van der Waals surface area contributed by atoms with Crippen molar-refractivity contribution in [3.8, 4) is 5.69 Å². The zero-order valence-electron chi connectivity index (χ0n) is 13.4. The first-order valence-electron chi connectivity index (χ1n) is 7.80. The van der Waals surface area contributed by atoms with Gasteiger partial charge in [-0.3, -0.25) is 14.2 Å². The topological polar surface area (TPSA) is 88.9 Å². The molecule has 0 unspecified atom stereocenters. The summed E-state index contributed by atoms with van der Waals surface area (Å²) in [6, 6.07) is 16.8. The van der Waals surface area contributed by atoms with Crippen LogP contribution in [0.1, 0.15) is 5.56 Å². The Balaban J connectivity index is 1.53. The quantitative estimate of drug-likeness (QED) is 0.693. The van der Waals surface area contributed by atoms with Crippen LogP contribution in [-0.2, 0) is 16.0 Å². The Bertz CT molecular complexity index is 847. The highest BCUT2D eigenvalue weighted by atomic mass is 16.2. The van der Waals surface area contributed by atoms with Gasteiger partial charge in [0.2, 0.25) is 0 Å². The first-order chi connectivity index (χ1) is 12.2. The summed E-state index contributed by atoms with van der Waals surface area (Å²) in [6.45, 7) is 0.400. The van der Waals surface area contributed by atoms with Crippen LogP contribution in [0.3, 0.4) is 0 Å². The van der Waals surface area contributed by atoms with Crippen LogP contribution in [0.2, 0.25) is 0 Å². The highest BCUT2D eigenvalue weighted by molar-refractivity contribution is 6.39. The van der Waals surface area contributed by atoms with E-state index >= 15 is 0 Å². The van der Waals surface area contributed by atoms with Crippen molar-refractivity contribution in [1.29, 1.82) is 0 Å². The van der Waals surface area contributed by atoms with E-state index in [2.05, 4.69) is 20.8 Å². The molecule has 1 heterocycles. The molecule has 25 heavy (non-hydrogen) atoms. The van der Waals surface area contributed by atoms with Crippen LogP contribution in [0.15, 0.2) is 67.3 Å². The van der Waals surface area contributed by atoms with Crippen LogP contribution < -0.4 is 10.6 Å². The van der Waals surface area contributed by atoms with Gasteiger partial charge in [0.05, 0.1) is 5.69 Å². The Kier molecular flexibility index (Phi) is 5.16. The van der Waals surface area contributed by atoms with Gasteiger partial charge in [0.15, 0.2) is 0 Å². The molecule has 2 aromatic carbocycles. The number of rotatable bonds is 5. The molecule has 0 spiro atoms. The Morgan fingerprint density at radius 2 is 1.68 bits per heavy atom. The molecule has 1 aromatic heterocycles. The molecule has 7 heteroatoms. The maximum absolute atomic E-state index is 12.0. The van der Waals surface area contributed by atoms with Gasteiger partial charge in [0, 0.05) is 12.2 Å². The largest absolute Gasteiger partial charge is 0.347 e. The van der Waals surface area contributed by atoms with E-state index in [0.29, 0.717) is 18.7 Å². The van der Waals surface area contributed by atoms with E-state index in [1.54, 1.807) is 35.4 Å². The van der Waals surface area contributed by atoms with E-state index in [0.717, 1.165) is 11.3 Å². The minimum Gasteiger partial charge on any atom is -0.347 e. The van der Waals surface area contributed by atoms with Crippen molar-refractivity contribution in [2.24, 2.45) is 0 Å². The van der Waals surface area contributed by atoms with E-state index in [1.165, 1.54) is 0 Å². The average Bonchev–Trinajstić information content (AvgIpc) is 3.17. The SMILES string of the molecule is O=C(NCCc1ccccc1)C(=O)Nc1cccc(-n2cnnc2)c1. The zero-order valence-corrected chi connectivity index (χ0v) is 13.4. The van der Waals surface area contributed by atoms with Gasteiger partial charge in [-0.05, 0) is 30.2 Å². The normalized spacial score (nSPS) is 10.2. The molecule has 0 bridgehead atoms. The minimum atomic E-state index is -0.700. The third-order valence-corrected chi connectivity index (χ3v) is 3.57. The van der Waals surface area contributed by atoms with Crippen LogP contribution in [0, 0.1) is 0 Å². The van der Waals surface area contributed by atoms with E-state index < -0.39 is 11.8 Å². The molecule has 0 aliphatic rings. The number of benzene rings is 2. The van der Waals surface area contributed by atoms with E-state index in [4.69, 9.17) is 0 Å². The molecule has 2 N–H and O–H groups in total. The summed E-state index contributed by atoms with van der Waals surface area (Å²) in [6.07, 6.45) is 3.78. The number of amides is 2. The molecule has 126 valence electrons. The van der Waals surface area contributed by atoms with Gasteiger partial charge in [0.1, 0.15) is 12.7 Å². The van der Waals surface area contributed by atoms with Crippen molar-refractivity contribution in [3.05, 3.63) is 72.8 Å². The van der Waals surface area contributed by atoms with Gasteiger partial charge in [-0.25, -0.2) is 0 Å². The number of carbonyl (C=O) groups excluding carboxylic acids is 2. The van der Waals surface area contributed by atoms with Crippen LogP contribution in [0.5, 0.6) is 0 Å². The second-order valence-electron chi connectivity index (χ2n) is 5.37. The van der Waals surface area contributed by atoms with Crippen LogP contribution in [0.4, 0.5) is 5.69 Å². The molecular weight excluding hydrogens is 318 g/mol. The third kappa shape index (κ3) is 4.51. The molecule has 0 atom stereocenters. The molecule has 3 aromatic rings. The molecule has 2 amide bonds. The van der Waals surface area contributed by atoms with Crippen molar-refractivity contribution in [2.75, 3.05) is 11.9 Å². The fourth-order valence-electron chi connectivity index (χ4n) is 2.31. The van der Waals surface area contributed by atoms with Gasteiger partial charge in [0.25, 0.3) is 0 Å². The van der Waals surface area contributed by atoms with E-state index in [9.17, 15) is 9.59 Å². The van der Waals surface area contributed by atoms with Gasteiger partial charge in [-0.2, -0.15) is 0 Å². The summed E-state index contributed by atoms with van der Waals surface area (Å²) in [5, 5.41) is 12.7. The van der Waals surface area contributed by atoms with E-state index in [1.807, 2.05) is 36.4 Å². The molecule has 0 aliphatic heterocycles. The number of nitrogens with zero attached hydrogens (tertiary/aromatic N) is 3. The number of nitrogens with one attached hydrogen (secondary N) is 2. The monoisotopic (exact) mass is 335 g/mol. The Hall–Kier alpha value is -3.48. The zero-order chi connectivity index (χ0) is 17.5. The minimum absolute atomic E-state index is 0.400. The summed E-state index contributed by atoms with van der Waals surface area (Å²) in [5.41, 5.74) is 2.41. The number of carbonyl (C=O) groups is 2. The molecule has 7 nitrogen and oxygen atoms in total. The molecule has 0 aliphatic carbocycles. The maximum Gasteiger partial charge on any atom is 0.313 e. The van der Waals surface area contributed by atoms with Crippen molar-refractivity contribution in [1.82, 2.24) is 20.1 Å². The van der Waals surface area contributed by atoms with Gasteiger partial charge < -0.3 is 10.6 Å². The predicted molar refractivity (Wildman–Crippen MR) is 93.1 cm³/mol. The lowest BCUT2D eigenvalue weighted by Gasteiger charge is -2.08. The fourth-order valence-corrected chi connectivity index (χ4v) is 2.31. The summed E-state index contributed by atoms with van der Waals surface area (Å²) < 4.78 is 1.70. The summed E-state index contributed by atoms with van der Waals surface area (Å²) >= 11 is 0. The van der Waals surface area contributed by atoms with Crippen LogP contribution in [0.25, 0.3) is 5.69 Å². The molecule has 0 radical (unpaired) electrons. The number of anilines is 1. The van der Waals surface area contributed by atoms with Crippen LogP contribution >= 0.6 is 0 Å². The Morgan fingerprint density at radius 1 is 0.920 bits per heavy atom. The van der Waals surface area contributed by atoms with Gasteiger partial charge >= 0.3 is 11.8 Å². The number of aromatic nitrogens is 3. The average molecular weight is 335 g/mol. The smallest absolute Gasteiger partial charge is 0.313 e. The summed E-state index contributed by atoms with van der Waals surface area (Å²) in [4.78, 5) is 23.9. The lowest BCUT2D eigenvalue weighted by atomic mass is 10.1. The second-order valence-corrected chi connectivity index (χ2v) is 5.37. The molecule has 0 saturated heterocycles. The molecule has 0 saturated carbocycles. The summed E-state index contributed by atoms with van der Waals surface area (Å²) in [5.74, 6) is -1.36. The maximum atomic E-state index is 12.0. The highest BCUT2D eigenvalue weighted by Gasteiger charge is 2.13. The van der Waals surface area contributed by atoms with Crippen molar-refractivity contribution < 1.29 is 9.59 Å². The Labute approximate surface area is 144 Å². The lowest BCUT2D eigenvalue weighted by Crippen LogP contribution is -2.36. The molecule has 0 fully saturated rings. The first kappa shape index (κ1) is 16.4. The van der Waals surface area contributed by atoms with E-state index in [-0.39, 0.29) is 0 Å². The molecule has 3 rings (SSSR count). The summed E-state index contributed by atoms with van der Waals surface area (Å²) in [7, 11) is 0. The van der Waals surface area contributed by atoms with Crippen molar-refractivity contribution >= 4 is 17.5 Å². The second kappa shape index (κ2) is 7.87. The van der Waals surface area contributed by atoms with Gasteiger partial charge in [-0.1, -0.05) is 36.4 Å². The standard InChI is InChI=1S/C18H17N5O2/c24-17(19-10-9-14-5-2-1-3-6-14)18(25)22-15-7-4-8-16(11-15)23-12-20-21-13-23/h1-8,11-13H,9-10H2,(H,19,24)(H,22,25). The van der Waals surface area contributed by atoms with Crippen LogP contribution in [-0.4, -0.2) is 33.1 Å². The highest BCUT2D eigenvalue weighted by Crippen LogP contribution is 2.13. The van der Waals surface area contributed by atoms with Gasteiger partial charge in [-0.15, -0.1) is 10.2 Å². The first-order valence-corrected chi connectivity index (χ1v) is 7.80. The van der Waals surface area contributed by atoms with Crippen molar-refractivity contribution in [3.63, 3.8) is 0 Å². The molecular formula is C18H17N5O2. The third-order valence-electron chi connectivity index (χ3n) is 3.57. The number of hydrogen-bond donors (Lipinski definition) is 2. The van der Waals surface area contributed by atoms with Crippen molar-refractivity contribution in [2.45, 2.75) is 6.42 Å².